The van der Waals surface area contributed by atoms with Crippen molar-refractivity contribution in [2.75, 3.05) is 0 Å². The molecule has 2 aliphatic carbocycles. The van der Waals surface area contributed by atoms with Crippen LogP contribution in [0.3, 0.4) is 0 Å². The number of nitrogens with one attached hydrogen (secondary N) is 2. The van der Waals surface area contributed by atoms with Gasteiger partial charge in [0.15, 0.2) is 0 Å². The standard InChI is InChI=1S/C14H19FN2O2S/c1-9-6-14(9)17-20(18,19)12-4-5-13(15)10(7-12)8-16-11-2-3-11/h4-5,7,9,11,14,16-17H,2-3,6,8H2,1H3. The van der Waals surface area contributed by atoms with Crippen LogP contribution in [0.2, 0.25) is 0 Å². The van der Waals surface area contributed by atoms with Crippen LogP contribution in [0, 0.1) is 11.7 Å². The molecule has 2 aliphatic rings. The SMILES string of the molecule is CC1CC1NS(=O)(=O)c1ccc(F)c(CNC2CC2)c1. The third-order valence-electron chi connectivity index (χ3n) is 3.90. The molecule has 0 heterocycles. The van der Waals surface area contributed by atoms with Crippen LogP contribution in [-0.4, -0.2) is 20.5 Å². The number of hydrogen-bond acceptors (Lipinski definition) is 3. The van der Waals surface area contributed by atoms with Crippen LogP contribution >= 0.6 is 0 Å². The Kier molecular flexibility index (Phi) is 3.56. The minimum absolute atomic E-state index is 0.0260. The quantitative estimate of drug-likeness (QED) is 0.841. The molecule has 2 unspecified atom stereocenters. The van der Waals surface area contributed by atoms with Crippen LogP contribution in [0.5, 0.6) is 0 Å². The van der Waals surface area contributed by atoms with E-state index in [2.05, 4.69) is 10.0 Å². The van der Waals surface area contributed by atoms with Crippen LogP contribution < -0.4 is 10.0 Å². The van der Waals surface area contributed by atoms with Gasteiger partial charge < -0.3 is 5.32 Å². The van der Waals surface area contributed by atoms with Crippen LogP contribution in [0.4, 0.5) is 4.39 Å². The number of sulfonamides is 1. The molecule has 2 N–H and O–H groups in total. The van der Waals surface area contributed by atoms with Crippen molar-refractivity contribution in [3.8, 4) is 0 Å². The monoisotopic (exact) mass is 298 g/mol. The van der Waals surface area contributed by atoms with Crippen molar-refractivity contribution in [1.29, 1.82) is 0 Å². The molecule has 3 rings (SSSR count). The van der Waals surface area contributed by atoms with Gasteiger partial charge in [0.1, 0.15) is 5.82 Å². The highest BCUT2D eigenvalue weighted by Crippen LogP contribution is 2.31. The lowest BCUT2D eigenvalue weighted by molar-refractivity contribution is 0.572. The predicted octanol–water partition coefficient (Wildman–Crippen LogP) is 1.76. The van der Waals surface area contributed by atoms with Crippen molar-refractivity contribution in [3.63, 3.8) is 0 Å². The Morgan fingerprint density at radius 2 is 2.05 bits per heavy atom. The van der Waals surface area contributed by atoms with Crippen molar-refractivity contribution in [2.24, 2.45) is 5.92 Å². The Bertz CT molecular complexity index is 614. The Morgan fingerprint density at radius 3 is 2.65 bits per heavy atom. The van der Waals surface area contributed by atoms with Gasteiger partial charge in [-0.15, -0.1) is 0 Å². The minimum Gasteiger partial charge on any atom is -0.310 e. The van der Waals surface area contributed by atoms with E-state index < -0.39 is 10.0 Å². The molecule has 0 aromatic heterocycles. The number of benzene rings is 1. The minimum atomic E-state index is -3.54. The molecule has 0 aliphatic heterocycles. The molecule has 0 amide bonds. The molecule has 4 nitrogen and oxygen atoms in total. The van der Waals surface area contributed by atoms with E-state index >= 15 is 0 Å². The van der Waals surface area contributed by atoms with Gasteiger partial charge in [-0.2, -0.15) is 0 Å². The fourth-order valence-electron chi connectivity index (χ4n) is 2.15. The summed E-state index contributed by atoms with van der Waals surface area (Å²) in [5.74, 6) is 0.0260. The molecule has 0 radical (unpaired) electrons. The Morgan fingerprint density at radius 1 is 1.35 bits per heavy atom. The maximum Gasteiger partial charge on any atom is 0.240 e. The second-order valence-electron chi connectivity index (χ2n) is 5.85. The summed E-state index contributed by atoms with van der Waals surface area (Å²) < 4.78 is 40.7. The van der Waals surface area contributed by atoms with E-state index in [-0.39, 0.29) is 16.8 Å². The summed E-state index contributed by atoms with van der Waals surface area (Å²) in [7, 11) is -3.54. The first-order valence-corrected chi connectivity index (χ1v) is 8.48. The smallest absolute Gasteiger partial charge is 0.240 e. The summed E-state index contributed by atoms with van der Waals surface area (Å²) in [5.41, 5.74) is 0.406. The Hall–Kier alpha value is -0.980. The van der Waals surface area contributed by atoms with E-state index in [1.165, 1.54) is 18.2 Å². The van der Waals surface area contributed by atoms with E-state index in [4.69, 9.17) is 0 Å². The zero-order chi connectivity index (χ0) is 14.3. The summed E-state index contributed by atoms with van der Waals surface area (Å²) in [4.78, 5) is 0.144. The van der Waals surface area contributed by atoms with Crippen LogP contribution in [0.15, 0.2) is 23.1 Å². The normalized spacial score (nSPS) is 25.7. The van der Waals surface area contributed by atoms with Crippen molar-refractivity contribution < 1.29 is 12.8 Å². The molecule has 6 heteroatoms. The fourth-order valence-corrected chi connectivity index (χ4v) is 3.56. The molecule has 2 fully saturated rings. The summed E-state index contributed by atoms with van der Waals surface area (Å²) in [5, 5.41) is 3.20. The second-order valence-corrected chi connectivity index (χ2v) is 7.56. The van der Waals surface area contributed by atoms with Crippen LogP contribution in [-0.2, 0) is 16.6 Å². The second kappa shape index (κ2) is 5.09. The van der Waals surface area contributed by atoms with Crippen molar-refractivity contribution in [1.82, 2.24) is 10.0 Å². The topological polar surface area (TPSA) is 58.2 Å². The van der Waals surface area contributed by atoms with Gasteiger partial charge in [-0.05, 0) is 43.4 Å². The maximum atomic E-state index is 13.7. The van der Waals surface area contributed by atoms with Crippen LogP contribution in [0.25, 0.3) is 0 Å². The zero-order valence-electron chi connectivity index (χ0n) is 11.4. The molecule has 1 aromatic rings. The molecule has 20 heavy (non-hydrogen) atoms. The number of halogens is 1. The van der Waals surface area contributed by atoms with Gasteiger partial charge in [0, 0.05) is 24.2 Å². The largest absolute Gasteiger partial charge is 0.310 e. The summed E-state index contributed by atoms with van der Waals surface area (Å²) in [6, 6.07) is 4.47. The lowest BCUT2D eigenvalue weighted by atomic mass is 10.2. The fraction of sp³-hybridized carbons (Fsp3) is 0.571. The third-order valence-corrected chi connectivity index (χ3v) is 5.39. The molecular weight excluding hydrogens is 279 g/mol. The Labute approximate surface area is 118 Å². The van der Waals surface area contributed by atoms with Gasteiger partial charge in [-0.25, -0.2) is 17.5 Å². The molecule has 2 atom stereocenters. The van der Waals surface area contributed by atoms with E-state index in [0.717, 1.165) is 19.3 Å². The molecule has 0 bridgehead atoms. The van der Waals surface area contributed by atoms with Gasteiger partial charge in [0.2, 0.25) is 10.0 Å². The first-order valence-electron chi connectivity index (χ1n) is 7.00. The number of rotatable bonds is 6. The van der Waals surface area contributed by atoms with Crippen molar-refractivity contribution >= 4 is 10.0 Å². The van der Waals surface area contributed by atoms with Gasteiger partial charge >= 0.3 is 0 Å². The molecule has 0 saturated heterocycles. The van der Waals surface area contributed by atoms with Crippen molar-refractivity contribution in [3.05, 3.63) is 29.6 Å². The van der Waals surface area contributed by atoms with Gasteiger partial charge in [0.05, 0.1) is 4.90 Å². The number of hydrogen-bond donors (Lipinski definition) is 2. The molecule has 1 aromatic carbocycles. The zero-order valence-corrected chi connectivity index (χ0v) is 12.2. The summed E-state index contributed by atoms with van der Waals surface area (Å²) in [6.07, 6.45) is 3.10. The average molecular weight is 298 g/mol. The van der Waals surface area contributed by atoms with Gasteiger partial charge in [-0.1, -0.05) is 6.92 Å². The third kappa shape index (κ3) is 3.19. The Balaban J connectivity index is 1.76. The first-order chi connectivity index (χ1) is 9.45. The molecular formula is C14H19FN2O2S. The van der Waals surface area contributed by atoms with Crippen molar-refractivity contribution in [2.45, 2.75) is 49.7 Å². The lowest BCUT2D eigenvalue weighted by Crippen LogP contribution is -2.27. The average Bonchev–Trinajstić information content (AvgIpc) is 3.28. The molecule has 110 valence electrons. The van der Waals surface area contributed by atoms with E-state index in [9.17, 15) is 12.8 Å². The van der Waals surface area contributed by atoms with E-state index in [1.807, 2.05) is 6.92 Å². The molecule has 0 spiro atoms. The predicted molar refractivity (Wildman–Crippen MR) is 74.2 cm³/mol. The van der Waals surface area contributed by atoms with E-state index in [1.54, 1.807) is 0 Å². The maximum absolute atomic E-state index is 13.7. The highest BCUT2D eigenvalue weighted by molar-refractivity contribution is 7.89. The summed E-state index contributed by atoms with van der Waals surface area (Å²) in [6.45, 7) is 2.38. The molecule has 2 saturated carbocycles. The summed E-state index contributed by atoms with van der Waals surface area (Å²) >= 11 is 0. The van der Waals surface area contributed by atoms with Gasteiger partial charge in [-0.3, -0.25) is 0 Å². The highest BCUT2D eigenvalue weighted by atomic mass is 32.2. The first kappa shape index (κ1) is 14.0. The van der Waals surface area contributed by atoms with Gasteiger partial charge in [0.25, 0.3) is 0 Å². The van der Waals surface area contributed by atoms with Crippen LogP contribution in [0.1, 0.15) is 31.7 Å². The van der Waals surface area contributed by atoms with E-state index in [0.29, 0.717) is 24.1 Å². The highest BCUT2D eigenvalue weighted by Gasteiger charge is 2.36. The lowest BCUT2D eigenvalue weighted by Gasteiger charge is -2.09.